The van der Waals surface area contributed by atoms with Gasteiger partial charge in [0.1, 0.15) is 11.6 Å². The highest BCUT2D eigenvalue weighted by molar-refractivity contribution is 5.43. The highest BCUT2D eigenvalue weighted by Crippen LogP contribution is 2.11. The van der Waals surface area contributed by atoms with Crippen LogP contribution in [0.4, 0.5) is 0 Å². The fourth-order valence-corrected chi connectivity index (χ4v) is 2.25. The van der Waals surface area contributed by atoms with Crippen molar-refractivity contribution in [3.63, 3.8) is 0 Å². The largest absolute Gasteiger partial charge is 0.228 e. The second kappa shape index (κ2) is 4.39. The van der Waals surface area contributed by atoms with Crippen molar-refractivity contribution in [2.75, 3.05) is 0 Å². The zero-order valence-corrected chi connectivity index (χ0v) is 10.4. The predicted octanol–water partition coefficient (Wildman–Crippen LogP) is 2.76. The van der Waals surface area contributed by atoms with Crippen molar-refractivity contribution in [1.82, 2.24) is 0 Å². The summed E-state index contributed by atoms with van der Waals surface area (Å²) >= 11 is 0. The molecule has 2 nitrogen and oxygen atoms in total. The van der Waals surface area contributed by atoms with E-state index < -0.39 is 0 Å². The average molecular weight is 223 g/mol. The van der Waals surface area contributed by atoms with Gasteiger partial charge in [0.2, 0.25) is 5.69 Å². The summed E-state index contributed by atoms with van der Waals surface area (Å²) in [5, 5.41) is 9.15. The van der Waals surface area contributed by atoms with Crippen LogP contribution in [0.25, 0.3) is 5.69 Å². The van der Waals surface area contributed by atoms with Gasteiger partial charge in [-0.2, -0.15) is 9.83 Å². The Hall–Kier alpha value is -2.14. The minimum absolute atomic E-state index is 0.701. The molecule has 0 aliphatic heterocycles. The number of nitriles is 1. The third kappa shape index (κ3) is 2.05. The monoisotopic (exact) mass is 223 g/mol. The van der Waals surface area contributed by atoms with Crippen molar-refractivity contribution in [2.45, 2.75) is 20.8 Å². The van der Waals surface area contributed by atoms with Gasteiger partial charge in [0.25, 0.3) is 0 Å². The first-order valence-electron chi connectivity index (χ1n) is 5.63. The minimum atomic E-state index is 0.701. The highest BCUT2D eigenvalue weighted by Gasteiger charge is 2.18. The van der Waals surface area contributed by atoms with Crippen LogP contribution >= 0.6 is 0 Å². The van der Waals surface area contributed by atoms with Crippen LogP contribution in [0.5, 0.6) is 0 Å². The molecule has 0 saturated heterocycles. The highest BCUT2D eigenvalue weighted by atomic mass is 15.0. The molecule has 2 heteroatoms. The summed E-state index contributed by atoms with van der Waals surface area (Å²) in [6.07, 6.45) is 0. The predicted molar refractivity (Wildman–Crippen MR) is 66.9 cm³/mol. The quantitative estimate of drug-likeness (QED) is 0.683. The van der Waals surface area contributed by atoms with Crippen LogP contribution in [-0.2, 0) is 0 Å². The normalized spacial score (nSPS) is 10.0. The number of hydrogen-bond donors (Lipinski definition) is 0. The first-order valence-corrected chi connectivity index (χ1v) is 5.63. The molecule has 0 radical (unpaired) electrons. The van der Waals surface area contributed by atoms with Crippen molar-refractivity contribution in [3.05, 3.63) is 58.9 Å². The van der Waals surface area contributed by atoms with Gasteiger partial charge in [0.05, 0.1) is 0 Å². The topological polar surface area (TPSA) is 27.7 Å². The zero-order chi connectivity index (χ0) is 12.4. The van der Waals surface area contributed by atoms with E-state index >= 15 is 0 Å². The Morgan fingerprint density at radius 1 is 1.00 bits per heavy atom. The van der Waals surface area contributed by atoms with E-state index in [1.807, 2.05) is 24.3 Å². The molecule has 84 valence electrons. The maximum atomic E-state index is 9.15. The van der Waals surface area contributed by atoms with Crippen LogP contribution in [0, 0.1) is 32.1 Å². The molecule has 0 aliphatic carbocycles. The number of nitrogens with zero attached hydrogens (tertiary/aromatic N) is 2. The second-order valence-corrected chi connectivity index (χ2v) is 4.28. The standard InChI is InChI=1S/C15H15N2/c1-11-8-12(2)17(13(3)9-11)15-7-5-4-6-14(15)10-16/h4-9H,1-3H3/q+1. The summed E-state index contributed by atoms with van der Waals surface area (Å²) < 4.78 is 2.12. The Morgan fingerprint density at radius 3 is 2.18 bits per heavy atom. The minimum Gasteiger partial charge on any atom is -0.192 e. The number of para-hydroxylation sites is 1. The summed E-state index contributed by atoms with van der Waals surface area (Å²) in [7, 11) is 0. The average Bonchev–Trinajstić information content (AvgIpc) is 2.28. The Balaban J connectivity index is 2.74. The number of hydrogen-bond acceptors (Lipinski definition) is 1. The summed E-state index contributed by atoms with van der Waals surface area (Å²) in [6.45, 7) is 6.21. The van der Waals surface area contributed by atoms with Crippen LogP contribution in [0.15, 0.2) is 36.4 Å². The molecule has 17 heavy (non-hydrogen) atoms. The summed E-state index contributed by atoms with van der Waals surface area (Å²) in [6, 6.07) is 14.2. The number of aryl methyl sites for hydroxylation is 3. The van der Waals surface area contributed by atoms with E-state index in [0.717, 1.165) is 17.1 Å². The molecule has 1 heterocycles. The van der Waals surface area contributed by atoms with E-state index in [2.05, 4.69) is 43.5 Å². The van der Waals surface area contributed by atoms with Gasteiger partial charge in [0.15, 0.2) is 11.4 Å². The van der Waals surface area contributed by atoms with Crippen molar-refractivity contribution in [2.24, 2.45) is 0 Å². The van der Waals surface area contributed by atoms with Crippen LogP contribution in [0.3, 0.4) is 0 Å². The fraction of sp³-hybridized carbons (Fsp3) is 0.200. The third-order valence-corrected chi connectivity index (χ3v) is 2.84. The molecular weight excluding hydrogens is 208 g/mol. The van der Waals surface area contributed by atoms with E-state index in [-0.39, 0.29) is 0 Å². The summed E-state index contributed by atoms with van der Waals surface area (Å²) in [4.78, 5) is 0. The van der Waals surface area contributed by atoms with Crippen molar-refractivity contribution >= 4 is 0 Å². The first-order chi connectivity index (χ1) is 8.13. The van der Waals surface area contributed by atoms with E-state index in [0.29, 0.717) is 5.56 Å². The molecule has 0 atom stereocenters. The van der Waals surface area contributed by atoms with E-state index in [9.17, 15) is 0 Å². The van der Waals surface area contributed by atoms with Crippen LogP contribution in [-0.4, -0.2) is 0 Å². The molecule has 0 fully saturated rings. The Kier molecular flexibility index (Phi) is 2.93. The molecule has 0 aliphatic rings. The lowest BCUT2D eigenvalue weighted by molar-refractivity contribution is -0.609. The fourth-order valence-electron chi connectivity index (χ4n) is 2.25. The number of pyridine rings is 1. The Morgan fingerprint density at radius 2 is 1.59 bits per heavy atom. The number of rotatable bonds is 1. The molecule has 0 bridgehead atoms. The van der Waals surface area contributed by atoms with Gasteiger partial charge in [0, 0.05) is 32.0 Å². The van der Waals surface area contributed by atoms with Gasteiger partial charge in [-0.3, -0.25) is 0 Å². The zero-order valence-electron chi connectivity index (χ0n) is 10.4. The van der Waals surface area contributed by atoms with E-state index in [4.69, 9.17) is 5.26 Å². The van der Waals surface area contributed by atoms with Crippen molar-refractivity contribution in [3.8, 4) is 11.8 Å². The number of aromatic nitrogens is 1. The second-order valence-electron chi connectivity index (χ2n) is 4.28. The van der Waals surface area contributed by atoms with Crippen LogP contribution < -0.4 is 4.57 Å². The summed E-state index contributed by atoms with van der Waals surface area (Å²) in [5.74, 6) is 0. The molecule has 0 N–H and O–H groups in total. The third-order valence-electron chi connectivity index (χ3n) is 2.84. The van der Waals surface area contributed by atoms with Gasteiger partial charge >= 0.3 is 0 Å². The smallest absolute Gasteiger partial charge is 0.192 e. The lowest BCUT2D eigenvalue weighted by atomic mass is 10.1. The molecule has 1 aromatic heterocycles. The summed E-state index contributed by atoms with van der Waals surface area (Å²) in [5.41, 5.74) is 5.18. The lowest BCUT2D eigenvalue weighted by Gasteiger charge is -2.05. The van der Waals surface area contributed by atoms with Gasteiger partial charge in [-0.05, 0) is 18.6 Å². The van der Waals surface area contributed by atoms with Crippen molar-refractivity contribution < 1.29 is 4.57 Å². The molecule has 0 unspecified atom stereocenters. The van der Waals surface area contributed by atoms with Gasteiger partial charge < -0.3 is 0 Å². The Bertz CT molecular complexity index is 584. The van der Waals surface area contributed by atoms with Crippen molar-refractivity contribution in [1.29, 1.82) is 5.26 Å². The van der Waals surface area contributed by atoms with Crippen LogP contribution in [0.1, 0.15) is 22.5 Å². The van der Waals surface area contributed by atoms with Gasteiger partial charge in [-0.1, -0.05) is 12.1 Å². The van der Waals surface area contributed by atoms with E-state index in [1.54, 1.807) is 0 Å². The molecule has 2 aromatic rings. The first kappa shape index (κ1) is 11.3. The van der Waals surface area contributed by atoms with E-state index in [1.165, 1.54) is 5.56 Å². The SMILES string of the molecule is Cc1cc(C)[n+](-c2ccccc2C#N)c(C)c1. The molecule has 1 aromatic carbocycles. The maximum absolute atomic E-state index is 9.15. The van der Waals surface area contributed by atoms with Gasteiger partial charge in [-0.15, -0.1) is 0 Å². The lowest BCUT2D eigenvalue weighted by Crippen LogP contribution is -2.38. The molecule has 0 amide bonds. The molecule has 0 spiro atoms. The number of benzene rings is 1. The Labute approximate surface area is 102 Å². The molecule has 2 rings (SSSR count). The van der Waals surface area contributed by atoms with Gasteiger partial charge in [-0.25, -0.2) is 0 Å². The molecule has 0 saturated carbocycles. The maximum Gasteiger partial charge on any atom is 0.228 e. The van der Waals surface area contributed by atoms with Crippen LogP contribution in [0.2, 0.25) is 0 Å². The molecular formula is C15H15N2+.